The van der Waals surface area contributed by atoms with Gasteiger partial charge in [0.15, 0.2) is 11.0 Å². The van der Waals surface area contributed by atoms with Crippen molar-refractivity contribution in [1.29, 1.82) is 0 Å². The highest BCUT2D eigenvalue weighted by molar-refractivity contribution is 6.32. The van der Waals surface area contributed by atoms with Gasteiger partial charge in [0.1, 0.15) is 0 Å². The summed E-state index contributed by atoms with van der Waals surface area (Å²) in [6.07, 6.45) is 6.08. The fraction of sp³-hybridized carbons (Fsp3) is 0.700. The molecule has 0 fully saturated rings. The van der Waals surface area contributed by atoms with Gasteiger partial charge in [-0.2, -0.15) is 4.98 Å². The van der Waals surface area contributed by atoms with E-state index in [1.54, 1.807) is 0 Å². The molecule has 0 unspecified atom stereocenters. The average molecular weight is 281 g/mol. The van der Waals surface area contributed by atoms with E-state index < -0.39 is 0 Å². The summed E-state index contributed by atoms with van der Waals surface area (Å²) in [6.45, 7) is 2.56. The molecule has 0 spiro atoms. The second-order valence-corrected chi connectivity index (χ2v) is 4.09. The molecule has 7 heteroatoms. The van der Waals surface area contributed by atoms with E-state index in [4.69, 9.17) is 34.0 Å². The minimum Gasteiger partial charge on any atom is -0.396 e. The molecular weight excluding hydrogens is 263 g/mol. The van der Waals surface area contributed by atoms with Crippen LogP contribution in [0.15, 0.2) is 0 Å². The highest BCUT2D eigenvalue weighted by Crippen LogP contribution is 2.11. The van der Waals surface area contributed by atoms with E-state index in [9.17, 15) is 0 Å². The van der Waals surface area contributed by atoms with Gasteiger partial charge in [0.2, 0.25) is 5.28 Å². The summed E-state index contributed by atoms with van der Waals surface area (Å²) in [5.41, 5.74) is 5.19. The topological polar surface area (TPSA) is 84.9 Å². The van der Waals surface area contributed by atoms with Crippen molar-refractivity contribution in [3.63, 3.8) is 0 Å². The lowest BCUT2D eigenvalue weighted by atomic mass is 10.2. The number of hydrogen-bond acceptors (Lipinski definition) is 5. The van der Waals surface area contributed by atoms with E-state index in [0.717, 1.165) is 6.42 Å². The smallest absolute Gasteiger partial charge is 0.245 e. The molecule has 0 aliphatic rings. The second-order valence-electron chi connectivity index (χ2n) is 3.39. The molecule has 1 aromatic heterocycles. The third-order valence-corrected chi connectivity index (χ3v) is 2.34. The van der Waals surface area contributed by atoms with E-state index >= 15 is 0 Å². The number of anilines is 1. The molecule has 1 aromatic rings. The molecule has 0 atom stereocenters. The van der Waals surface area contributed by atoms with Gasteiger partial charge in [0.25, 0.3) is 0 Å². The average Bonchev–Trinajstić information content (AvgIpc) is 2.31. The fourth-order valence-corrected chi connectivity index (χ4v) is 1.23. The van der Waals surface area contributed by atoms with Crippen LogP contribution >= 0.6 is 23.2 Å². The van der Waals surface area contributed by atoms with Crippen molar-refractivity contribution in [3.05, 3.63) is 10.4 Å². The van der Waals surface area contributed by atoms with Crippen LogP contribution < -0.4 is 5.73 Å². The summed E-state index contributed by atoms with van der Waals surface area (Å²) >= 11 is 10.7. The van der Waals surface area contributed by atoms with E-state index in [1.165, 1.54) is 25.7 Å². The van der Waals surface area contributed by atoms with Gasteiger partial charge in [0, 0.05) is 6.61 Å². The number of hydrogen-bond donors (Lipinski definition) is 2. The van der Waals surface area contributed by atoms with Crippen molar-refractivity contribution in [2.45, 2.75) is 39.0 Å². The summed E-state index contributed by atoms with van der Waals surface area (Å²) in [5.74, 6) is 0.0941. The molecule has 0 aliphatic heterocycles. The maximum absolute atomic E-state index is 8.37. The Balaban J connectivity index is 0.000000304. The number of aliphatic hydroxyl groups is 1. The minimum absolute atomic E-state index is 0.00287. The Labute approximate surface area is 111 Å². The lowest BCUT2D eigenvalue weighted by Crippen LogP contribution is -1.96. The predicted octanol–water partition coefficient (Wildman–Crippen LogP) is 2.71. The lowest BCUT2D eigenvalue weighted by molar-refractivity contribution is 0.282. The molecule has 17 heavy (non-hydrogen) atoms. The summed E-state index contributed by atoms with van der Waals surface area (Å²) < 4.78 is 0. The molecule has 0 amide bonds. The number of unbranched alkanes of at least 4 members (excludes halogenated alkanes) is 4. The Morgan fingerprint density at radius 2 is 1.76 bits per heavy atom. The maximum Gasteiger partial charge on any atom is 0.245 e. The van der Waals surface area contributed by atoms with E-state index in [-0.39, 0.29) is 16.3 Å². The molecule has 0 radical (unpaired) electrons. The molecule has 0 aliphatic carbocycles. The van der Waals surface area contributed by atoms with E-state index in [1.807, 2.05) is 0 Å². The number of halogens is 2. The molecule has 1 heterocycles. The molecule has 0 saturated carbocycles. The zero-order chi connectivity index (χ0) is 13.1. The number of aliphatic hydroxyl groups excluding tert-OH is 1. The Hall–Kier alpha value is -0.650. The van der Waals surface area contributed by atoms with Crippen molar-refractivity contribution in [3.8, 4) is 0 Å². The third-order valence-electron chi connectivity index (χ3n) is 1.91. The molecule has 0 aromatic carbocycles. The largest absolute Gasteiger partial charge is 0.396 e. The van der Waals surface area contributed by atoms with Gasteiger partial charge in [-0.05, 0) is 18.0 Å². The predicted molar refractivity (Wildman–Crippen MR) is 70.1 cm³/mol. The van der Waals surface area contributed by atoms with E-state index in [0.29, 0.717) is 6.61 Å². The first-order chi connectivity index (χ1) is 8.11. The minimum atomic E-state index is -0.00287. The Morgan fingerprint density at radius 1 is 1.12 bits per heavy atom. The van der Waals surface area contributed by atoms with Crippen LogP contribution in [0.5, 0.6) is 0 Å². The Morgan fingerprint density at radius 3 is 2.24 bits per heavy atom. The fourth-order valence-electron chi connectivity index (χ4n) is 1.02. The van der Waals surface area contributed by atoms with Crippen LogP contribution in [0, 0.1) is 0 Å². The van der Waals surface area contributed by atoms with Crippen LogP contribution in [0.25, 0.3) is 0 Å². The molecule has 5 nitrogen and oxygen atoms in total. The Kier molecular flexibility index (Phi) is 10.1. The number of nitrogens with zero attached hydrogens (tertiary/aromatic N) is 3. The van der Waals surface area contributed by atoms with Crippen molar-refractivity contribution in [2.24, 2.45) is 0 Å². The van der Waals surface area contributed by atoms with Crippen molar-refractivity contribution in [2.75, 3.05) is 12.3 Å². The molecule has 0 bridgehead atoms. The van der Waals surface area contributed by atoms with Crippen LogP contribution in [0.2, 0.25) is 10.4 Å². The first kappa shape index (κ1) is 16.4. The van der Waals surface area contributed by atoms with Crippen LogP contribution in [0.3, 0.4) is 0 Å². The Bertz CT molecular complexity index is 306. The molecular formula is C10H18Cl2N4O. The first-order valence-corrected chi connectivity index (χ1v) is 6.29. The van der Waals surface area contributed by atoms with Gasteiger partial charge in [-0.1, -0.05) is 44.2 Å². The zero-order valence-corrected chi connectivity index (χ0v) is 11.4. The monoisotopic (exact) mass is 280 g/mol. The zero-order valence-electron chi connectivity index (χ0n) is 9.86. The standard InChI is InChI=1S/C7H16O.C3H2Cl2N4/c1-2-3-4-5-6-7-8;4-1-2(6)7-3(5)9-8-1/h8H,2-7H2,1H3;(H2,6,7,9). The summed E-state index contributed by atoms with van der Waals surface area (Å²) in [7, 11) is 0. The van der Waals surface area contributed by atoms with Crippen molar-refractivity contribution in [1.82, 2.24) is 15.2 Å². The van der Waals surface area contributed by atoms with Crippen LogP contribution in [-0.4, -0.2) is 26.9 Å². The quantitative estimate of drug-likeness (QED) is 0.810. The first-order valence-electron chi connectivity index (χ1n) is 5.53. The summed E-state index contributed by atoms with van der Waals surface area (Å²) in [6, 6.07) is 0. The molecule has 3 N–H and O–H groups in total. The SMILES string of the molecule is CCCCCCCO.Nc1nc(Cl)nnc1Cl. The van der Waals surface area contributed by atoms with Gasteiger partial charge in [0.05, 0.1) is 0 Å². The van der Waals surface area contributed by atoms with Gasteiger partial charge < -0.3 is 10.8 Å². The van der Waals surface area contributed by atoms with Crippen LogP contribution in [-0.2, 0) is 0 Å². The van der Waals surface area contributed by atoms with Gasteiger partial charge in [-0.25, -0.2) is 0 Å². The van der Waals surface area contributed by atoms with Crippen molar-refractivity contribution >= 4 is 29.0 Å². The molecule has 0 saturated heterocycles. The van der Waals surface area contributed by atoms with Gasteiger partial charge in [-0.15, -0.1) is 10.2 Å². The normalized spacial score (nSPS) is 9.65. The third kappa shape index (κ3) is 9.09. The number of nitrogen functional groups attached to an aromatic ring is 1. The number of rotatable bonds is 5. The summed E-state index contributed by atoms with van der Waals surface area (Å²) in [5, 5.41) is 15.1. The lowest BCUT2D eigenvalue weighted by Gasteiger charge is -1.93. The van der Waals surface area contributed by atoms with Gasteiger partial charge >= 0.3 is 0 Å². The van der Waals surface area contributed by atoms with Crippen molar-refractivity contribution < 1.29 is 5.11 Å². The van der Waals surface area contributed by atoms with E-state index in [2.05, 4.69) is 22.1 Å². The number of nitrogens with two attached hydrogens (primary N) is 1. The molecule has 98 valence electrons. The second kappa shape index (κ2) is 10.5. The van der Waals surface area contributed by atoms with Gasteiger partial charge in [-0.3, -0.25) is 0 Å². The highest BCUT2D eigenvalue weighted by Gasteiger charge is 1.98. The summed E-state index contributed by atoms with van der Waals surface area (Å²) in [4.78, 5) is 3.51. The van der Waals surface area contributed by atoms with Crippen LogP contribution in [0.4, 0.5) is 5.82 Å². The maximum atomic E-state index is 8.37. The molecule has 1 rings (SSSR count). The van der Waals surface area contributed by atoms with Crippen LogP contribution in [0.1, 0.15) is 39.0 Å². The number of aromatic nitrogens is 3. The highest BCUT2D eigenvalue weighted by atomic mass is 35.5.